The van der Waals surface area contributed by atoms with Crippen LogP contribution >= 0.6 is 0 Å². The van der Waals surface area contributed by atoms with Gasteiger partial charge in [0, 0.05) is 11.5 Å². The minimum atomic E-state index is -1.33. The second-order valence-corrected chi connectivity index (χ2v) is 6.28. The van der Waals surface area contributed by atoms with Gasteiger partial charge in [-0.3, -0.25) is 19.3 Å². The van der Waals surface area contributed by atoms with Crippen molar-refractivity contribution >= 4 is 23.8 Å². The van der Waals surface area contributed by atoms with Crippen LogP contribution in [0.25, 0.3) is 0 Å². The highest BCUT2D eigenvalue weighted by Gasteiger charge is 2.58. The van der Waals surface area contributed by atoms with Crippen LogP contribution in [0.2, 0.25) is 0 Å². The molecule has 1 aliphatic rings. The number of carbonyl (C=O) groups excluding carboxylic acids is 4. The first-order chi connectivity index (χ1) is 13.5. The SMILES string of the molecule is COC(=O)[C@H]1C(=O)N(C(=O)c2ccccc2)[C@@H](C(=O)OC)[C@@H]1c1ccccc1. The molecule has 7 heteroatoms. The number of amides is 2. The van der Waals surface area contributed by atoms with Crippen LogP contribution in [0.4, 0.5) is 0 Å². The van der Waals surface area contributed by atoms with Gasteiger partial charge < -0.3 is 9.47 Å². The van der Waals surface area contributed by atoms with Crippen molar-refractivity contribution in [2.75, 3.05) is 14.2 Å². The summed E-state index contributed by atoms with van der Waals surface area (Å²) in [4.78, 5) is 52.1. The highest BCUT2D eigenvalue weighted by molar-refractivity contribution is 6.15. The van der Waals surface area contributed by atoms with Gasteiger partial charge in [-0.05, 0) is 17.7 Å². The van der Waals surface area contributed by atoms with Crippen molar-refractivity contribution in [3.63, 3.8) is 0 Å². The quantitative estimate of drug-likeness (QED) is 0.456. The summed E-state index contributed by atoms with van der Waals surface area (Å²) in [5, 5.41) is 0. The number of likely N-dealkylation sites (tertiary alicyclic amines) is 1. The van der Waals surface area contributed by atoms with Crippen molar-refractivity contribution < 1.29 is 28.7 Å². The van der Waals surface area contributed by atoms with Gasteiger partial charge in [-0.2, -0.15) is 0 Å². The first kappa shape index (κ1) is 19.3. The molecule has 0 saturated carbocycles. The molecule has 28 heavy (non-hydrogen) atoms. The fourth-order valence-corrected chi connectivity index (χ4v) is 3.53. The van der Waals surface area contributed by atoms with Crippen LogP contribution in [-0.2, 0) is 23.9 Å². The summed E-state index contributed by atoms with van der Waals surface area (Å²) in [5.41, 5.74) is 0.784. The smallest absolute Gasteiger partial charge is 0.329 e. The van der Waals surface area contributed by atoms with E-state index >= 15 is 0 Å². The Labute approximate surface area is 161 Å². The van der Waals surface area contributed by atoms with E-state index in [1.165, 1.54) is 19.2 Å². The largest absolute Gasteiger partial charge is 0.468 e. The average molecular weight is 381 g/mol. The van der Waals surface area contributed by atoms with Gasteiger partial charge in [0.2, 0.25) is 5.91 Å². The predicted octanol–water partition coefficient (Wildman–Crippen LogP) is 1.78. The number of ether oxygens (including phenoxy) is 2. The van der Waals surface area contributed by atoms with Gasteiger partial charge in [0.05, 0.1) is 14.2 Å². The van der Waals surface area contributed by atoms with Crippen molar-refractivity contribution in [3.8, 4) is 0 Å². The lowest BCUT2D eigenvalue weighted by Gasteiger charge is -2.25. The molecule has 1 aliphatic heterocycles. The Balaban J connectivity index is 2.15. The lowest BCUT2D eigenvalue weighted by molar-refractivity contribution is -0.151. The van der Waals surface area contributed by atoms with E-state index < -0.39 is 41.6 Å². The summed E-state index contributed by atoms with van der Waals surface area (Å²) < 4.78 is 9.68. The van der Waals surface area contributed by atoms with Gasteiger partial charge in [0.1, 0.15) is 12.0 Å². The Morgan fingerprint density at radius 1 is 0.821 bits per heavy atom. The Bertz CT molecular complexity index is 896. The van der Waals surface area contributed by atoms with Crippen LogP contribution in [0.5, 0.6) is 0 Å². The van der Waals surface area contributed by atoms with Crippen molar-refractivity contribution in [2.45, 2.75) is 12.0 Å². The highest BCUT2D eigenvalue weighted by Crippen LogP contribution is 2.41. The van der Waals surface area contributed by atoms with Crippen molar-refractivity contribution in [2.24, 2.45) is 5.92 Å². The lowest BCUT2D eigenvalue weighted by atomic mass is 9.84. The molecule has 1 saturated heterocycles. The molecular weight excluding hydrogens is 362 g/mol. The number of esters is 2. The minimum Gasteiger partial charge on any atom is -0.468 e. The van der Waals surface area contributed by atoms with E-state index in [9.17, 15) is 19.2 Å². The van der Waals surface area contributed by atoms with Crippen LogP contribution in [-0.4, -0.2) is 48.9 Å². The standard InChI is InChI=1S/C21H19NO6/c1-27-20(25)16-15(13-9-5-3-6-10-13)17(21(26)28-2)22(19(16)24)18(23)14-11-7-4-8-12-14/h3-12,15-17H,1-2H3/t15-,16-,17-/m1/s1. The van der Waals surface area contributed by atoms with Crippen molar-refractivity contribution in [1.82, 2.24) is 4.90 Å². The zero-order chi connectivity index (χ0) is 20.3. The molecule has 2 amide bonds. The zero-order valence-electron chi connectivity index (χ0n) is 15.4. The van der Waals surface area contributed by atoms with E-state index in [-0.39, 0.29) is 5.56 Å². The normalized spacial score (nSPS) is 21.3. The van der Waals surface area contributed by atoms with Gasteiger partial charge >= 0.3 is 11.9 Å². The highest BCUT2D eigenvalue weighted by atomic mass is 16.5. The Morgan fingerprint density at radius 3 is 1.89 bits per heavy atom. The Hall–Kier alpha value is -3.48. The molecule has 0 bridgehead atoms. The summed E-state index contributed by atoms with van der Waals surface area (Å²) in [6, 6.07) is 15.4. The summed E-state index contributed by atoms with van der Waals surface area (Å²) in [7, 11) is 2.33. The molecular formula is C21H19NO6. The van der Waals surface area contributed by atoms with Gasteiger partial charge in [-0.15, -0.1) is 0 Å². The molecule has 0 spiro atoms. The van der Waals surface area contributed by atoms with Gasteiger partial charge in [-0.25, -0.2) is 4.79 Å². The number of hydrogen-bond acceptors (Lipinski definition) is 6. The third-order valence-corrected chi connectivity index (χ3v) is 4.80. The number of imide groups is 1. The molecule has 3 rings (SSSR count). The second kappa shape index (κ2) is 8.04. The fourth-order valence-electron chi connectivity index (χ4n) is 3.53. The van der Waals surface area contributed by atoms with Crippen LogP contribution in [0.15, 0.2) is 60.7 Å². The maximum absolute atomic E-state index is 13.1. The monoisotopic (exact) mass is 381 g/mol. The van der Waals surface area contributed by atoms with E-state index in [0.717, 1.165) is 12.0 Å². The average Bonchev–Trinajstić information content (AvgIpc) is 3.06. The van der Waals surface area contributed by atoms with E-state index in [1.54, 1.807) is 48.5 Å². The molecule has 1 heterocycles. The predicted molar refractivity (Wildman–Crippen MR) is 98.1 cm³/mol. The molecule has 7 nitrogen and oxygen atoms in total. The number of carbonyl (C=O) groups is 4. The Morgan fingerprint density at radius 2 is 1.36 bits per heavy atom. The second-order valence-electron chi connectivity index (χ2n) is 6.28. The van der Waals surface area contributed by atoms with Crippen LogP contribution in [0.3, 0.4) is 0 Å². The van der Waals surface area contributed by atoms with E-state index in [4.69, 9.17) is 9.47 Å². The molecule has 1 fully saturated rings. The molecule has 2 aromatic carbocycles. The number of nitrogens with zero attached hydrogens (tertiary/aromatic N) is 1. The van der Waals surface area contributed by atoms with Crippen LogP contribution < -0.4 is 0 Å². The van der Waals surface area contributed by atoms with Crippen molar-refractivity contribution in [3.05, 3.63) is 71.8 Å². The maximum atomic E-state index is 13.1. The van der Waals surface area contributed by atoms with E-state index in [2.05, 4.69) is 0 Å². The molecule has 0 N–H and O–H groups in total. The van der Waals surface area contributed by atoms with E-state index in [1.807, 2.05) is 0 Å². The van der Waals surface area contributed by atoms with Crippen LogP contribution in [0.1, 0.15) is 21.8 Å². The number of benzene rings is 2. The number of hydrogen-bond donors (Lipinski definition) is 0. The third kappa shape index (κ3) is 3.26. The molecule has 0 aromatic heterocycles. The number of methoxy groups -OCH3 is 2. The fraction of sp³-hybridized carbons (Fsp3) is 0.238. The van der Waals surface area contributed by atoms with Gasteiger partial charge in [-0.1, -0.05) is 48.5 Å². The third-order valence-electron chi connectivity index (χ3n) is 4.80. The molecule has 0 aliphatic carbocycles. The summed E-state index contributed by atoms with van der Waals surface area (Å²) in [6.07, 6.45) is 0. The molecule has 2 aromatic rings. The summed E-state index contributed by atoms with van der Waals surface area (Å²) >= 11 is 0. The first-order valence-electron chi connectivity index (χ1n) is 8.64. The minimum absolute atomic E-state index is 0.224. The maximum Gasteiger partial charge on any atom is 0.329 e. The van der Waals surface area contributed by atoms with Gasteiger partial charge in [0.25, 0.3) is 5.91 Å². The summed E-state index contributed by atoms with van der Waals surface area (Å²) in [5.74, 6) is -5.29. The lowest BCUT2D eigenvalue weighted by Crippen LogP contribution is -2.45. The Kier molecular flexibility index (Phi) is 5.54. The first-order valence-corrected chi connectivity index (χ1v) is 8.64. The zero-order valence-corrected chi connectivity index (χ0v) is 15.4. The molecule has 0 unspecified atom stereocenters. The summed E-state index contributed by atoms with van der Waals surface area (Å²) in [6.45, 7) is 0. The molecule has 144 valence electrons. The van der Waals surface area contributed by atoms with Gasteiger partial charge in [0.15, 0.2) is 0 Å². The molecule has 3 atom stereocenters. The van der Waals surface area contributed by atoms with Crippen molar-refractivity contribution in [1.29, 1.82) is 0 Å². The number of rotatable bonds is 4. The molecule has 0 radical (unpaired) electrons. The topological polar surface area (TPSA) is 90.0 Å². The van der Waals surface area contributed by atoms with E-state index in [0.29, 0.717) is 5.56 Å². The van der Waals surface area contributed by atoms with Crippen LogP contribution in [0, 0.1) is 5.92 Å².